The van der Waals surface area contributed by atoms with Gasteiger partial charge in [-0.05, 0) is 42.2 Å². The van der Waals surface area contributed by atoms with Crippen LogP contribution < -0.4 is 10.8 Å². The first-order chi connectivity index (χ1) is 16.5. The molecule has 0 spiro atoms. The summed E-state index contributed by atoms with van der Waals surface area (Å²) in [5, 5.41) is 11.4. The molecule has 182 valence electrons. The van der Waals surface area contributed by atoms with Crippen molar-refractivity contribution in [3.05, 3.63) is 59.7 Å². The van der Waals surface area contributed by atoms with Crippen LogP contribution >= 0.6 is 0 Å². The van der Waals surface area contributed by atoms with Gasteiger partial charge in [0, 0.05) is 45.4 Å². The topological polar surface area (TPSA) is 111 Å². The molecule has 0 radical (unpaired) electrons. The van der Waals surface area contributed by atoms with Crippen LogP contribution in [0.5, 0.6) is 0 Å². The maximum absolute atomic E-state index is 13.0. The second-order valence-corrected chi connectivity index (χ2v) is 8.10. The minimum Gasteiger partial charge on any atom is -0.380 e. The number of hydrogen-bond donors (Lipinski definition) is 3. The Balaban J connectivity index is 1.71. The molecule has 1 aliphatic heterocycles. The number of hydrogen-bond acceptors (Lipinski definition) is 6. The fourth-order valence-corrected chi connectivity index (χ4v) is 4.03. The number of carbonyl (C=O) groups is 3. The van der Waals surface area contributed by atoms with Gasteiger partial charge in [0.2, 0.25) is 0 Å². The second kappa shape index (κ2) is 12.3. The molecule has 1 unspecified atom stereocenters. The molecule has 9 nitrogen and oxygen atoms in total. The van der Waals surface area contributed by atoms with Crippen molar-refractivity contribution in [3.63, 3.8) is 0 Å². The van der Waals surface area contributed by atoms with E-state index in [0.717, 1.165) is 55.3 Å². The molecule has 1 aliphatic rings. The van der Waals surface area contributed by atoms with Gasteiger partial charge in [-0.25, -0.2) is 5.48 Å². The Labute approximate surface area is 199 Å². The van der Waals surface area contributed by atoms with Crippen LogP contribution in [-0.2, 0) is 20.9 Å². The summed E-state index contributed by atoms with van der Waals surface area (Å²) in [4.78, 5) is 40.7. The Morgan fingerprint density at radius 3 is 2.24 bits per heavy atom. The van der Waals surface area contributed by atoms with Crippen molar-refractivity contribution >= 4 is 17.7 Å². The highest BCUT2D eigenvalue weighted by atomic mass is 16.5. The van der Waals surface area contributed by atoms with Crippen molar-refractivity contribution in [1.29, 1.82) is 0 Å². The molecular formula is C25H32N4O5. The highest BCUT2D eigenvalue weighted by Crippen LogP contribution is 2.22. The normalized spacial score (nSPS) is 15.1. The molecule has 9 heteroatoms. The van der Waals surface area contributed by atoms with Gasteiger partial charge in [-0.15, -0.1) is 0 Å². The number of hydroxylamine groups is 1. The van der Waals surface area contributed by atoms with E-state index in [1.807, 2.05) is 12.1 Å². The molecule has 3 N–H and O–H groups in total. The van der Waals surface area contributed by atoms with Crippen LogP contribution in [0.1, 0.15) is 29.3 Å². The van der Waals surface area contributed by atoms with Crippen LogP contribution in [0.3, 0.4) is 0 Å². The Hall–Kier alpha value is -3.27. The van der Waals surface area contributed by atoms with E-state index in [-0.39, 0.29) is 6.54 Å². The Bertz CT molecular complexity index is 954. The lowest BCUT2D eigenvalue weighted by molar-refractivity contribution is -0.141. The SMILES string of the molecule is CCN(C(=O)c1ccc(-c2ccc(CN3CCCOCC3)cc2)cc1)C(C(=O)NC)C(=O)NO. The molecular weight excluding hydrogens is 436 g/mol. The van der Waals surface area contributed by atoms with Gasteiger partial charge in [0.05, 0.1) is 6.61 Å². The van der Waals surface area contributed by atoms with Gasteiger partial charge in [-0.3, -0.25) is 24.5 Å². The summed E-state index contributed by atoms with van der Waals surface area (Å²) in [6.45, 7) is 6.22. The van der Waals surface area contributed by atoms with Gasteiger partial charge in [-0.2, -0.15) is 0 Å². The maximum Gasteiger partial charge on any atom is 0.275 e. The largest absolute Gasteiger partial charge is 0.380 e. The van der Waals surface area contributed by atoms with Crippen LogP contribution in [0.15, 0.2) is 48.5 Å². The summed E-state index contributed by atoms with van der Waals surface area (Å²) in [6, 6.07) is 13.9. The van der Waals surface area contributed by atoms with E-state index in [9.17, 15) is 14.4 Å². The zero-order valence-electron chi connectivity index (χ0n) is 19.6. The van der Waals surface area contributed by atoms with E-state index in [1.54, 1.807) is 19.1 Å². The molecule has 1 atom stereocenters. The molecule has 2 aromatic rings. The number of likely N-dealkylation sites (N-methyl/N-ethyl adjacent to an activating group) is 2. The Kier molecular flexibility index (Phi) is 9.15. The predicted octanol–water partition coefficient (Wildman–Crippen LogP) is 1.66. The molecule has 1 heterocycles. The molecule has 1 saturated heterocycles. The summed E-state index contributed by atoms with van der Waals surface area (Å²) in [6.07, 6.45) is 1.05. The lowest BCUT2D eigenvalue weighted by Crippen LogP contribution is -2.56. The highest BCUT2D eigenvalue weighted by molar-refractivity contribution is 6.08. The van der Waals surface area contributed by atoms with Gasteiger partial charge in [0.15, 0.2) is 6.04 Å². The zero-order valence-corrected chi connectivity index (χ0v) is 19.6. The standard InChI is InChI=1S/C25H32N4O5/c1-3-29(22(23(30)26-2)24(31)27-33)25(32)21-11-9-20(10-12-21)19-7-5-18(6-8-19)17-28-13-4-15-34-16-14-28/h5-12,22,33H,3-4,13-17H2,1-2H3,(H,26,30)(H,27,31). The van der Waals surface area contributed by atoms with Crippen molar-refractivity contribution in [2.24, 2.45) is 0 Å². The van der Waals surface area contributed by atoms with Crippen LogP contribution in [0.25, 0.3) is 11.1 Å². The number of carbonyl (C=O) groups excluding carboxylic acids is 3. The molecule has 0 aromatic heterocycles. The van der Waals surface area contributed by atoms with Crippen molar-refractivity contribution < 1.29 is 24.3 Å². The minimum absolute atomic E-state index is 0.108. The fraction of sp³-hybridized carbons (Fsp3) is 0.400. The van der Waals surface area contributed by atoms with Crippen LogP contribution in [0.4, 0.5) is 0 Å². The number of nitrogens with zero attached hydrogens (tertiary/aromatic N) is 2. The first-order valence-electron chi connectivity index (χ1n) is 11.4. The van der Waals surface area contributed by atoms with Crippen molar-refractivity contribution in [2.45, 2.75) is 25.9 Å². The van der Waals surface area contributed by atoms with Gasteiger partial charge in [-0.1, -0.05) is 36.4 Å². The lowest BCUT2D eigenvalue weighted by Gasteiger charge is -2.28. The molecule has 2 aromatic carbocycles. The monoisotopic (exact) mass is 468 g/mol. The first-order valence-corrected chi connectivity index (χ1v) is 11.4. The Morgan fingerprint density at radius 2 is 1.65 bits per heavy atom. The summed E-state index contributed by atoms with van der Waals surface area (Å²) < 4.78 is 5.52. The number of nitrogens with one attached hydrogen (secondary N) is 2. The van der Waals surface area contributed by atoms with E-state index >= 15 is 0 Å². The van der Waals surface area contributed by atoms with Crippen LogP contribution in [0.2, 0.25) is 0 Å². The summed E-state index contributed by atoms with van der Waals surface area (Å²) in [5.41, 5.74) is 5.01. The quantitative estimate of drug-likeness (QED) is 0.309. The minimum atomic E-state index is -1.48. The third-order valence-electron chi connectivity index (χ3n) is 5.91. The molecule has 3 amide bonds. The van der Waals surface area contributed by atoms with E-state index in [0.29, 0.717) is 5.56 Å². The van der Waals surface area contributed by atoms with Crippen molar-refractivity contribution in [2.75, 3.05) is 39.9 Å². The van der Waals surface area contributed by atoms with Gasteiger partial charge in [0.25, 0.3) is 17.7 Å². The van der Waals surface area contributed by atoms with Gasteiger partial charge >= 0.3 is 0 Å². The average molecular weight is 469 g/mol. The number of amides is 3. The van der Waals surface area contributed by atoms with E-state index in [4.69, 9.17) is 9.94 Å². The average Bonchev–Trinajstić information content (AvgIpc) is 3.15. The molecule has 1 fully saturated rings. The summed E-state index contributed by atoms with van der Waals surface area (Å²) in [5.74, 6) is -2.15. The van der Waals surface area contributed by atoms with Crippen molar-refractivity contribution in [3.8, 4) is 11.1 Å². The first kappa shape index (κ1) is 25.4. The van der Waals surface area contributed by atoms with Crippen molar-refractivity contribution in [1.82, 2.24) is 20.6 Å². The maximum atomic E-state index is 13.0. The highest BCUT2D eigenvalue weighted by Gasteiger charge is 2.35. The smallest absolute Gasteiger partial charge is 0.275 e. The third-order valence-corrected chi connectivity index (χ3v) is 5.91. The van der Waals surface area contributed by atoms with Gasteiger partial charge in [0.1, 0.15) is 0 Å². The molecule has 34 heavy (non-hydrogen) atoms. The van der Waals surface area contributed by atoms with E-state index < -0.39 is 23.8 Å². The predicted molar refractivity (Wildman–Crippen MR) is 127 cm³/mol. The number of ether oxygens (including phenoxy) is 1. The van der Waals surface area contributed by atoms with Crippen LogP contribution in [0, 0.1) is 0 Å². The molecule has 3 rings (SSSR count). The van der Waals surface area contributed by atoms with E-state index in [1.165, 1.54) is 18.1 Å². The molecule has 0 aliphatic carbocycles. The molecule has 0 bridgehead atoms. The van der Waals surface area contributed by atoms with E-state index in [2.05, 4.69) is 34.5 Å². The summed E-state index contributed by atoms with van der Waals surface area (Å²) in [7, 11) is 1.36. The third kappa shape index (κ3) is 6.19. The Morgan fingerprint density at radius 1 is 1.00 bits per heavy atom. The summed E-state index contributed by atoms with van der Waals surface area (Å²) >= 11 is 0. The second-order valence-electron chi connectivity index (χ2n) is 8.10. The zero-order chi connectivity index (χ0) is 24.5. The van der Waals surface area contributed by atoms with Gasteiger partial charge < -0.3 is 15.0 Å². The van der Waals surface area contributed by atoms with Crippen LogP contribution in [-0.4, -0.2) is 78.7 Å². The fourth-order valence-electron chi connectivity index (χ4n) is 4.03. The number of rotatable bonds is 8. The number of benzene rings is 2. The molecule has 0 saturated carbocycles. The lowest BCUT2D eigenvalue weighted by atomic mass is 10.0.